The molecule has 2 aromatic rings. The van der Waals surface area contributed by atoms with Gasteiger partial charge in [0.1, 0.15) is 12.4 Å². The van der Waals surface area contributed by atoms with Crippen LogP contribution in [-0.4, -0.2) is 13.2 Å². The van der Waals surface area contributed by atoms with Crippen LogP contribution in [0.25, 0.3) is 10.4 Å². The molecular weight excluding hydrogens is 206 g/mol. The van der Waals surface area contributed by atoms with Crippen molar-refractivity contribution in [2.75, 3.05) is 13.2 Å². The van der Waals surface area contributed by atoms with E-state index in [1.807, 2.05) is 24.3 Å². The molecule has 3 heteroatoms. The van der Waals surface area contributed by atoms with Gasteiger partial charge in [0.25, 0.3) is 0 Å². The van der Waals surface area contributed by atoms with Gasteiger partial charge in [0.05, 0.1) is 0 Å². The third-order valence-electron chi connectivity index (χ3n) is 2.05. The Morgan fingerprint density at radius 3 is 2.73 bits per heavy atom. The number of thiophene rings is 1. The van der Waals surface area contributed by atoms with Crippen molar-refractivity contribution in [2.24, 2.45) is 5.73 Å². The summed E-state index contributed by atoms with van der Waals surface area (Å²) in [7, 11) is 0. The molecule has 1 aromatic carbocycles. The fourth-order valence-electron chi connectivity index (χ4n) is 1.40. The van der Waals surface area contributed by atoms with Crippen molar-refractivity contribution in [1.82, 2.24) is 0 Å². The minimum absolute atomic E-state index is 0.540. The minimum Gasteiger partial charge on any atom is -0.492 e. The van der Waals surface area contributed by atoms with Crippen molar-refractivity contribution >= 4 is 11.3 Å². The quantitative estimate of drug-likeness (QED) is 0.858. The van der Waals surface area contributed by atoms with Gasteiger partial charge in [-0.15, -0.1) is 11.3 Å². The highest BCUT2D eigenvalue weighted by Crippen LogP contribution is 2.32. The third-order valence-corrected chi connectivity index (χ3v) is 2.95. The van der Waals surface area contributed by atoms with Crippen LogP contribution in [0.1, 0.15) is 0 Å². The lowest BCUT2D eigenvalue weighted by Gasteiger charge is -2.08. The number of benzene rings is 1. The molecule has 0 saturated heterocycles. The first kappa shape index (κ1) is 10.2. The molecule has 0 amide bonds. The SMILES string of the molecule is NCCOc1ccccc1-c1cccs1. The van der Waals surface area contributed by atoms with Crippen molar-refractivity contribution in [3.05, 3.63) is 41.8 Å². The van der Waals surface area contributed by atoms with E-state index in [4.69, 9.17) is 10.5 Å². The first-order valence-electron chi connectivity index (χ1n) is 4.87. The molecule has 1 heterocycles. The largest absolute Gasteiger partial charge is 0.492 e. The molecule has 2 rings (SSSR count). The molecule has 0 saturated carbocycles. The Hall–Kier alpha value is -1.32. The van der Waals surface area contributed by atoms with Gasteiger partial charge >= 0.3 is 0 Å². The highest BCUT2D eigenvalue weighted by molar-refractivity contribution is 7.13. The van der Waals surface area contributed by atoms with E-state index in [-0.39, 0.29) is 0 Å². The molecule has 0 radical (unpaired) electrons. The topological polar surface area (TPSA) is 35.2 Å². The lowest BCUT2D eigenvalue weighted by atomic mass is 10.1. The van der Waals surface area contributed by atoms with Crippen molar-refractivity contribution in [3.8, 4) is 16.2 Å². The van der Waals surface area contributed by atoms with Gasteiger partial charge in [-0.2, -0.15) is 0 Å². The number of rotatable bonds is 4. The van der Waals surface area contributed by atoms with E-state index in [2.05, 4.69) is 17.5 Å². The van der Waals surface area contributed by atoms with E-state index in [1.54, 1.807) is 11.3 Å². The molecule has 0 unspecified atom stereocenters. The molecule has 2 nitrogen and oxygen atoms in total. The predicted octanol–water partition coefficient (Wildman–Crippen LogP) is 2.75. The van der Waals surface area contributed by atoms with Gasteiger partial charge < -0.3 is 10.5 Å². The number of para-hydroxylation sites is 1. The molecule has 0 atom stereocenters. The molecule has 78 valence electrons. The number of ether oxygens (including phenoxy) is 1. The van der Waals surface area contributed by atoms with Crippen molar-refractivity contribution in [1.29, 1.82) is 0 Å². The molecule has 0 aliphatic rings. The average Bonchev–Trinajstić information content (AvgIpc) is 2.80. The molecular formula is C12H13NOS. The molecule has 0 aliphatic carbocycles. The Morgan fingerprint density at radius 1 is 1.13 bits per heavy atom. The second kappa shape index (κ2) is 4.96. The first-order chi connectivity index (χ1) is 7.42. The molecule has 0 spiro atoms. The van der Waals surface area contributed by atoms with Crippen LogP contribution < -0.4 is 10.5 Å². The summed E-state index contributed by atoms with van der Waals surface area (Å²) in [4.78, 5) is 1.22. The highest BCUT2D eigenvalue weighted by atomic mass is 32.1. The third kappa shape index (κ3) is 2.37. The monoisotopic (exact) mass is 219 g/mol. The van der Waals surface area contributed by atoms with Crippen LogP contribution in [0, 0.1) is 0 Å². The van der Waals surface area contributed by atoms with Crippen LogP contribution in [0.5, 0.6) is 5.75 Å². The van der Waals surface area contributed by atoms with E-state index in [0.717, 1.165) is 11.3 Å². The zero-order valence-corrected chi connectivity index (χ0v) is 9.17. The summed E-state index contributed by atoms with van der Waals surface area (Å²) in [6.45, 7) is 1.10. The van der Waals surface area contributed by atoms with Crippen LogP contribution in [0.15, 0.2) is 41.8 Å². The summed E-state index contributed by atoms with van der Waals surface area (Å²) >= 11 is 1.71. The van der Waals surface area contributed by atoms with Crippen LogP contribution in [0.3, 0.4) is 0 Å². The molecule has 1 aromatic heterocycles. The van der Waals surface area contributed by atoms with Gasteiger partial charge in [-0.3, -0.25) is 0 Å². The van der Waals surface area contributed by atoms with E-state index < -0.39 is 0 Å². The number of nitrogens with two attached hydrogens (primary N) is 1. The smallest absolute Gasteiger partial charge is 0.128 e. The van der Waals surface area contributed by atoms with E-state index in [1.165, 1.54) is 4.88 Å². The van der Waals surface area contributed by atoms with Crippen molar-refractivity contribution < 1.29 is 4.74 Å². The zero-order valence-electron chi connectivity index (χ0n) is 8.35. The number of hydrogen-bond acceptors (Lipinski definition) is 3. The fourth-order valence-corrected chi connectivity index (χ4v) is 2.15. The summed E-state index contributed by atoms with van der Waals surface area (Å²) in [6.07, 6.45) is 0. The van der Waals surface area contributed by atoms with E-state index in [0.29, 0.717) is 13.2 Å². The Labute approximate surface area is 93.3 Å². The standard InChI is InChI=1S/C12H13NOS/c13-7-8-14-11-5-2-1-4-10(11)12-6-3-9-15-12/h1-6,9H,7-8,13H2. The zero-order chi connectivity index (χ0) is 10.5. The second-order valence-electron chi connectivity index (χ2n) is 3.11. The second-order valence-corrected chi connectivity index (χ2v) is 4.06. The predicted molar refractivity (Wildman–Crippen MR) is 64.3 cm³/mol. The van der Waals surface area contributed by atoms with Gasteiger partial charge in [-0.25, -0.2) is 0 Å². The Balaban J connectivity index is 2.30. The van der Waals surface area contributed by atoms with Crippen molar-refractivity contribution in [3.63, 3.8) is 0 Å². The van der Waals surface area contributed by atoms with E-state index >= 15 is 0 Å². The fraction of sp³-hybridized carbons (Fsp3) is 0.167. The Morgan fingerprint density at radius 2 is 2.00 bits per heavy atom. The normalized spacial score (nSPS) is 10.2. The summed E-state index contributed by atoms with van der Waals surface area (Å²) in [6, 6.07) is 12.2. The molecule has 0 bridgehead atoms. The molecule has 0 fully saturated rings. The summed E-state index contributed by atoms with van der Waals surface area (Å²) in [5.41, 5.74) is 6.56. The van der Waals surface area contributed by atoms with Gasteiger partial charge in [-0.05, 0) is 23.6 Å². The van der Waals surface area contributed by atoms with Gasteiger partial charge in [0.2, 0.25) is 0 Å². The lowest BCUT2D eigenvalue weighted by Crippen LogP contribution is -2.10. The van der Waals surface area contributed by atoms with Gasteiger partial charge in [-0.1, -0.05) is 18.2 Å². The van der Waals surface area contributed by atoms with Gasteiger partial charge in [0.15, 0.2) is 0 Å². The van der Waals surface area contributed by atoms with Crippen LogP contribution in [-0.2, 0) is 0 Å². The maximum atomic E-state index is 5.59. The Kier molecular flexibility index (Phi) is 3.37. The average molecular weight is 219 g/mol. The summed E-state index contributed by atoms with van der Waals surface area (Å²) in [5.74, 6) is 0.908. The van der Waals surface area contributed by atoms with Crippen LogP contribution in [0.4, 0.5) is 0 Å². The molecule has 15 heavy (non-hydrogen) atoms. The van der Waals surface area contributed by atoms with E-state index in [9.17, 15) is 0 Å². The maximum Gasteiger partial charge on any atom is 0.128 e. The molecule has 2 N–H and O–H groups in total. The maximum absolute atomic E-state index is 5.59. The van der Waals surface area contributed by atoms with Crippen LogP contribution in [0.2, 0.25) is 0 Å². The Bertz CT molecular complexity index is 411. The van der Waals surface area contributed by atoms with Gasteiger partial charge in [0, 0.05) is 17.0 Å². The lowest BCUT2D eigenvalue weighted by molar-refractivity contribution is 0.329. The van der Waals surface area contributed by atoms with Crippen LogP contribution >= 0.6 is 11.3 Å². The molecule has 0 aliphatic heterocycles. The highest BCUT2D eigenvalue weighted by Gasteiger charge is 2.05. The number of hydrogen-bond donors (Lipinski definition) is 1. The minimum atomic E-state index is 0.540. The first-order valence-corrected chi connectivity index (χ1v) is 5.75. The summed E-state index contributed by atoms with van der Waals surface area (Å²) < 4.78 is 5.59. The summed E-state index contributed by atoms with van der Waals surface area (Å²) in [5, 5.41) is 2.06. The van der Waals surface area contributed by atoms with Crippen molar-refractivity contribution in [2.45, 2.75) is 0 Å².